The molecule has 68 valence electrons. The van der Waals surface area contributed by atoms with Gasteiger partial charge >= 0.3 is 6.16 Å². The summed E-state index contributed by atoms with van der Waals surface area (Å²) in [7, 11) is 0. The average Bonchev–Trinajstić information content (AvgIpc) is 1.97. The second-order valence-electron chi connectivity index (χ2n) is 2.45. The third-order valence-electron chi connectivity index (χ3n) is 1.24. The van der Waals surface area contributed by atoms with Crippen LogP contribution in [0, 0.1) is 11.8 Å². The van der Waals surface area contributed by atoms with E-state index in [4.69, 9.17) is 5.11 Å². The predicted octanol–water partition coefficient (Wildman–Crippen LogP) is 2.26. The van der Waals surface area contributed by atoms with Gasteiger partial charge in [-0.05, 0) is 13.3 Å². The van der Waals surface area contributed by atoms with Crippen molar-refractivity contribution >= 4 is 6.16 Å². The van der Waals surface area contributed by atoms with Crippen LogP contribution in [0.5, 0.6) is 0 Å². The smallest absolute Gasteiger partial charge is 0.450 e. The van der Waals surface area contributed by atoms with E-state index in [1.54, 1.807) is 6.92 Å². The number of hydrogen-bond donors (Lipinski definition) is 1. The summed E-state index contributed by atoms with van der Waals surface area (Å²) < 4.78 is 4.37. The van der Waals surface area contributed by atoms with Crippen LogP contribution in [0.1, 0.15) is 33.1 Å². The molecule has 0 aromatic heterocycles. The van der Waals surface area contributed by atoms with Gasteiger partial charge in [-0.2, -0.15) is 0 Å². The lowest BCUT2D eigenvalue weighted by atomic mass is 10.2. The number of carbonyl (C=O) groups is 1. The minimum atomic E-state index is -1.27. The van der Waals surface area contributed by atoms with Crippen LogP contribution in [0.25, 0.3) is 0 Å². The Balaban J connectivity index is 3.56. The van der Waals surface area contributed by atoms with Gasteiger partial charge in [-0.1, -0.05) is 25.2 Å². The van der Waals surface area contributed by atoms with Crippen LogP contribution in [0.4, 0.5) is 4.79 Å². The number of rotatable bonds is 3. The molecule has 0 aromatic rings. The minimum Gasteiger partial charge on any atom is -0.450 e. The summed E-state index contributed by atoms with van der Waals surface area (Å²) in [6.45, 7) is 3.70. The van der Waals surface area contributed by atoms with Crippen molar-refractivity contribution in [1.29, 1.82) is 0 Å². The van der Waals surface area contributed by atoms with Gasteiger partial charge in [0.15, 0.2) is 6.10 Å². The molecule has 0 aliphatic heterocycles. The first-order chi connectivity index (χ1) is 5.66. The molecule has 0 aliphatic carbocycles. The van der Waals surface area contributed by atoms with Crippen molar-refractivity contribution in [2.75, 3.05) is 0 Å². The highest BCUT2D eigenvalue weighted by Gasteiger charge is 2.01. The van der Waals surface area contributed by atoms with E-state index < -0.39 is 12.3 Å². The average molecular weight is 170 g/mol. The molecule has 0 bridgehead atoms. The number of ether oxygens (including phenoxy) is 1. The van der Waals surface area contributed by atoms with Gasteiger partial charge < -0.3 is 9.84 Å². The molecule has 3 heteroatoms. The molecule has 1 unspecified atom stereocenters. The highest BCUT2D eigenvalue weighted by molar-refractivity contribution is 5.57. The summed E-state index contributed by atoms with van der Waals surface area (Å²) in [4.78, 5) is 10.0. The first-order valence-corrected chi connectivity index (χ1v) is 4.04. The second kappa shape index (κ2) is 6.53. The molecule has 0 amide bonds. The first kappa shape index (κ1) is 10.8. The maximum Gasteiger partial charge on any atom is 0.507 e. The molecule has 0 saturated carbocycles. The van der Waals surface area contributed by atoms with Crippen LogP contribution in [0.3, 0.4) is 0 Å². The maximum absolute atomic E-state index is 10.0. The maximum atomic E-state index is 10.0. The Morgan fingerprint density at radius 3 is 2.83 bits per heavy atom. The van der Waals surface area contributed by atoms with Gasteiger partial charge in [-0.15, -0.1) is 0 Å². The largest absolute Gasteiger partial charge is 0.507 e. The molecule has 3 nitrogen and oxygen atoms in total. The first-order valence-electron chi connectivity index (χ1n) is 4.04. The Labute approximate surface area is 72.7 Å². The van der Waals surface area contributed by atoms with E-state index in [-0.39, 0.29) is 0 Å². The van der Waals surface area contributed by atoms with Crippen LogP contribution < -0.4 is 0 Å². The normalized spacial score (nSPS) is 11.2. The zero-order valence-corrected chi connectivity index (χ0v) is 7.46. The summed E-state index contributed by atoms with van der Waals surface area (Å²) in [5, 5.41) is 8.20. The van der Waals surface area contributed by atoms with Gasteiger partial charge in [0.1, 0.15) is 0 Å². The lowest BCUT2D eigenvalue weighted by Gasteiger charge is -2.00. The summed E-state index contributed by atoms with van der Waals surface area (Å²) in [6.07, 6.45) is 1.17. The SMILES string of the molecule is CCCCC#CC(C)OC(=O)O. The van der Waals surface area contributed by atoms with E-state index in [0.717, 1.165) is 19.3 Å². The summed E-state index contributed by atoms with van der Waals surface area (Å²) >= 11 is 0. The van der Waals surface area contributed by atoms with Crippen molar-refractivity contribution in [3.8, 4) is 11.8 Å². The highest BCUT2D eigenvalue weighted by atomic mass is 16.7. The third kappa shape index (κ3) is 6.94. The zero-order valence-electron chi connectivity index (χ0n) is 7.46. The second-order valence-corrected chi connectivity index (χ2v) is 2.45. The molecule has 0 spiro atoms. The Morgan fingerprint density at radius 1 is 1.67 bits per heavy atom. The fourth-order valence-corrected chi connectivity index (χ4v) is 0.662. The Morgan fingerprint density at radius 2 is 2.33 bits per heavy atom. The molecule has 1 N–H and O–H groups in total. The van der Waals surface area contributed by atoms with Gasteiger partial charge in [-0.3, -0.25) is 0 Å². The van der Waals surface area contributed by atoms with Crippen molar-refractivity contribution in [3.63, 3.8) is 0 Å². The van der Waals surface area contributed by atoms with E-state index in [0.29, 0.717) is 0 Å². The predicted molar refractivity (Wildman–Crippen MR) is 45.9 cm³/mol. The lowest BCUT2D eigenvalue weighted by Crippen LogP contribution is -2.10. The Hall–Kier alpha value is -1.17. The number of carboxylic acid groups (broad SMARTS) is 1. The van der Waals surface area contributed by atoms with E-state index in [9.17, 15) is 4.79 Å². The molecule has 0 aromatic carbocycles. The van der Waals surface area contributed by atoms with E-state index in [1.165, 1.54) is 0 Å². The number of hydrogen-bond acceptors (Lipinski definition) is 2. The van der Waals surface area contributed by atoms with Gasteiger partial charge in [0.2, 0.25) is 0 Å². The summed E-state index contributed by atoms with van der Waals surface area (Å²) in [5.74, 6) is 5.55. The van der Waals surface area contributed by atoms with E-state index in [2.05, 4.69) is 23.5 Å². The molecular weight excluding hydrogens is 156 g/mol. The van der Waals surface area contributed by atoms with Crippen molar-refractivity contribution in [2.45, 2.75) is 39.2 Å². The van der Waals surface area contributed by atoms with Crippen LogP contribution in [0.2, 0.25) is 0 Å². The van der Waals surface area contributed by atoms with Gasteiger partial charge in [0.05, 0.1) is 0 Å². The van der Waals surface area contributed by atoms with Crippen molar-refractivity contribution in [1.82, 2.24) is 0 Å². The van der Waals surface area contributed by atoms with Crippen LogP contribution >= 0.6 is 0 Å². The van der Waals surface area contributed by atoms with Crippen LogP contribution in [0.15, 0.2) is 0 Å². The van der Waals surface area contributed by atoms with Crippen molar-refractivity contribution < 1.29 is 14.6 Å². The van der Waals surface area contributed by atoms with Gasteiger partial charge in [0, 0.05) is 6.42 Å². The molecule has 0 aliphatic rings. The van der Waals surface area contributed by atoms with Gasteiger partial charge in [0.25, 0.3) is 0 Å². The molecule has 0 rings (SSSR count). The van der Waals surface area contributed by atoms with E-state index in [1.807, 2.05) is 0 Å². The summed E-state index contributed by atoms with van der Waals surface area (Å²) in [6, 6.07) is 0. The third-order valence-corrected chi connectivity index (χ3v) is 1.24. The zero-order chi connectivity index (χ0) is 9.40. The standard InChI is InChI=1S/C9H14O3/c1-3-4-5-6-7-8(2)12-9(10)11/h8H,3-5H2,1-2H3,(H,10,11). The van der Waals surface area contributed by atoms with Crippen molar-refractivity contribution in [3.05, 3.63) is 0 Å². The van der Waals surface area contributed by atoms with E-state index >= 15 is 0 Å². The molecule has 0 fully saturated rings. The number of unbranched alkanes of at least 4 members (excludes halogenated alkanes) is 2. The monoisotopic (exact) mass is 170 g/mol. The summed E-state index contributed by atoms with van der Waals surface area (Å²) in [5.41, 5.74) is 0. The van der Waals surface area contributed by atoms with Gasteiger partial charge in [-0.25, -0.2) is 4.79 Å². The molecule has 12 heavy (non-hydrogen) atoms. The Kier molecular flexibility index (Phi) is 5.90. The molecule has 0 saturated heterocycles. The molecular formula is C9H14O3. The lowest BCUT2D eigenvalue weighted by molar-refractivity contribution is 0.0780. The fraction of sp³-hybridized carbons (Fsp3) is 0.667. The highest BCUT2D eigenvalue weighted by Crippen LogP contribution is 1.93. The van der Waals surface area contributed by atoms with Crippen molar-refractivity contribution in [2.24, 2.45) is 0 Å². The topological polar surface area (TPSA) is 46.5 Å². The van der Waals surface area contributed by atoms with Crippen LogP contribution in [-0.4, -0.2) is 17.4 Å². The molecule has 0 heterocycles. The minimum absolute atomic E-state index is 0.514. The quantitative estimate of drug-likeness (QED) is 0.401. The van der Waals surface area contributed by atoms with Crippen LogP contribution in [-0.2, 0) is 4.74 Å². The molecule has 1 atom stereocenters. The fourth-order valence-electron chi connectivity index (χ4n) is 0.662. The molecule has 0 radical (unpaired) electrons. The Bertz CT molecular complexity index is 188.